The molecule has 2 atom stereocenters. The lowest BCUT2D eigenvalue weighted by Gasteiger charge is -2.39. The summed E-state index contributed by atoms with van der Waals surface area (Å²) in [5.41, 5.74) is 1.17. The van der Waals surface area contributed by atoms with E-state index >= 15 is 0 Å². The summed E-state index contributed by atoms with van der Waals surface area (Å²) >= 11 is 0. The first-order valence-corrected chi connectivity index (χ1v) is 11.6. The number of aliphatic hydroxyl groups excluding tert-OH is 1. The molecule has 2 aliphatic heterocycles. The Morgan fingerprint density at radius 3 is 2.38 bits per heavy atom. The number of anilines is 1. The van der Waals surface area contributed by atoms with Crippen LogP contribution in [0.15, 0.2) is 23.1 Å². The molecule has 0 spiro atoms. The Balaban J connectivity index is 1.54. The van der Waals surface area contributed by atoms with Gasteiger partial charge in [-0.25, -0.2) is 8.42 Å². The summed E-state index contributed by atoms with van der Waals surface area (Å²) in [4.78, 5) is 4.44. The lowest BCUT2D eigenvalue weighted by Crippen LogP contribution is -2.49. The van der Waals surface area contributed by atoms with Gasteiger partial charge in [0.05, 0.1) is 18.1 Å². The zero-order valence-corrected chi connectivity index (χ0v) is 17.2. The van der Waals surface area contributed by atoms with Crippen LogP contribution in [-0.4, -0.2) is 76.3 Å². The zero-order valence-electron chi connectivity index (χ0n) is 16.4. The maximum Gasteiger partial charge on any atom is 0.414 e. The van der Waals surface area contributed by atoms with Gasteiger partial charge in [0.25, 0.3) is 0 Å². The van der Waals surface area contributed by atoms with Gasteiger partial charge in [0.1, 0.15) is 0 Å². The number of nitrogens with zero attached hydrogens (tertiary/aromatic N) is 2. The summed E-state index contributed by atoms with van der Waals surface area (Å²) in [7, 11) is -3.44. The van der Waals surface area contributed by atoms with E-state index < -0.39 is 22.1 Å². The van der Waals surface area contributed by atoms with Crippen molar-refractivity contribution in [1.82, 2.24) is 4.90 Å². The predicted octanol–water partition coefficient (Wildman–Crippen LogP) is 2.06. The van der Waals surface area contributed by atoms with Gasteiger partial charge in [-0.1, -0.05) is 6.07 Å². The number of rotatable bonds is 5. The van der Waals surface area contributed by atoms with Crippen LogP contribution in [0.5, 0.6) is 0 Å². The van der Waals surface area contributed by atoms with Gasteiger partial charge in [-0.05, 0) is 36.5 Å². The second kappa shape index (κ2) is 8.79. The predicted molar refractivity (Wildman–Crippen MR) is 103 cm³/mol. The smallest absolute Gasteiger partial charge is 0.392 e. The first-order chi connectivity index (χ1) is 13.6. The van der Waals surface area contributed by atoms with Gasteiger partial charge in [0.15, 0.2) is 15.9 Å². The highest BCUT2D eigenvalue weighted by molar-refractivity contribution is 7.90. The largest absolute Gasteiger partial charge is 0.414 e. The monoisotopic (exact) mass is 436 g/mol. The molecule has 29 heavy (non-hydrogen) atoms. The second-order valence-corrected chi connectivity index (χ2v) is 9.80. The number of ether oxygens (including phenoxy) is 1. The molecule has 0 saturated carbocycles. The van der Waals surface area contributed by atoms with Crippen molar-refractivity contribution in [3.05, 3.63) is 23.8 Å². The average Bonchev–Trinajstić information content (AvgIpc) is 2.67. The summed E-state index contributed by atoms with van der Waals surface area (Å²) in [6.45, 7) is 3.38. The molecule has 2 unspecified atom stereocenters. The van der Waals surface area contributed by atoms with Gasteiger partial charge < -0.3 is 14.7 Å². The molecule has 0 bridgehead atoms. The number of alkyl halides is 3. The fraction of sp³-hybridized carbons (Fsp3) is 0.684. The van der Waals surface area contributed by atoms with Gasteiger partial charge in [0.2, 0.25) is 0 Å². The standard InChI is InChI=1S/C19H27F3N2O4S/c1-29(26,27)17-10-16(4-3-15(17)12-25)24-8-6-23(7-9-24)11-14-2-5-18(28-13-14)19(20,21)22/h3-4,10,14,18,25H,2,5-9,11-13H2,1H3. The molecule has 0 radical (unpaired) electrons. The first kappa shape index (κ1) is 22.3. The molecular weight excluding hydrogens is 409 g/mol. The third-order valence-electron chi connectivity index (χ3n) is 5.61. The summed E-state index contributed by atoms with van der Waals surface area (Å²) in [6.07, 6.45) is -4.28. The molecule has 10 heteroatoms. The number of sulfone groups is 1. The van der Waals surface area contributed by atoms with E-state index in [0.29, 0.717) is 31.6 Å². The first-order valence-electron chi connectivity index (χ1n) is 9.67. The van der Waals surface area contributed by atoms with E-state index in [4.69, 9.17) is 4.74 Å². The van der Waals surface area contributed by atoms with E-state index in [1.807, 2.05) is 6.07 Å². The molecule has 2 heterocycles. The van der Waals surface area contributed by atoms with Crippen LogP contribution in [0.1, 0.15) is 18.4 Å². The molecular formula is C19H27F3N2O4S. The molecule has 1 N–H and O–H groups in total. The minimum absolute atomic E-state index is 0.0135. The topological polar surface area (TPSA) is 70.1 Å². The van der Waals surface area contributed by atoms with Crippen molar-refractivity contribution >= 4 is 15.5 Å². The fourth-order valence-electron chi connectivity index (χ4n) is 3.98. The highest BCUT2D eigenvalue weighted by Gasteiger charge is 2.43. The van der Waals surface area contributed by atoms with Crippen LogP contribution in [0.3, 0.4) is 0 Å². The molecule has 2 saturated heterocycles. The van der Waals surface area contributed by atoms with E-state index in [1.165, 1.54) is 0 Å². The molecule has 2 fully saturated rings. The van der Waals surface area contributed by atoms with Crippen LogP contribution in [0.25, 0.3) is 0 Å². The van der Waals surface area contributed by atoms with Crippen LogP contribution in [-0.2, 0) is 21.2 Å². The van der Waals surface area contributed by atoms with E-state index in [9.17, 15) is 26.7 Å². The van der Waals surface area contributed by atoms with E-state index in [1.54, 1.807) is 12.1 Å². The SMILES string of the molecule is CS(=O)(=O)c1cc(N2CCN(CC3CCC(C(F)(F)F)OC3)CC2)ccc1CO. The maximum atomic E-state index is 12.7. The van der Waals surface area contributed by atoms with Crippen LogP contribution in [0.2, 0.25) is 0 Å². The summed E-state index contributed by atoms with van der Waals surface area (Å²) < 4.78 is 67.1. The van der Waals surface area contributed by atoms with E-state index in [0.717, 1.165) is 25.0 Å². The zero-order chi connectivity index (χ0) is 21.2. The highest BCUT2D eigenvalue weighted by Crippen LogP contribution is 2.32. The lowest BCUT2D eigenvalue weighted by atomic mass is 9.97. The Kier molecular flexibility index (Phi) is 6.77. The molecule has 164 valence electrons. The van der Waals surface area contributed by atoms with Crippen molar-refractivity contribution in [3.8, 4) is 0 Å². The van der Waals surface area contributed by atoms with Crippen molar-refractivity contribution in [2.45, 2.75) is 36.6 Å². The van der Waals surface area contributed by atoms with Gasteiger partial charge in [-0.15, -0.1) is 0 Å². The number of benzene rings is 1. The van der Waals surface area contributed by atoms with Gasteiger partial charge >= 0.3 is 6.18 Å². The Morgan fingerprint density at radius 1 is 1.17 bits per heavy atom. The number of aliphatic hydroxyl groups is 1. The van der Waals surface area contributed by atoms with Crippen molar-refractivity contribution in [1.29, 1.82) is 0 Å². The Morgan fingerprint density at radius 2 is 1.86 bits per heavy atom. The molecule has 0 amide bonds. The van der Waals surface area contributed by atoms with Crippen molar-refractivity contribution in [2.24, 2.45) is 5.92 Å². The van der Waals surface area contributed by atoms with Crippen LogP contribution in [0.4, 0.5) is 18.9 Å². The lowest BCUT2D eigenvalue weighted by molar-refractivity contribution is -0.236. The number of hydrogen-bond donors (Lipinski definition) is 1. The molecule has 6 nitrogen and oxygen atoms in total. The van der Waals surface area contributed by atoms with Crippen LogP contribution in [0, 0.1) is 5.92 Å². The number of piperazine rings is 1. The number of hydrogen-bond acceptors (Lipinski definition) is 6. The van der Waals surface area contributed by atoms with Crippen molar-refractivity contribution in [2.75, 3.05) is 50.5 Å². The highest BCUT2D eigenvalue weighted by atomic mass is 32.2. The summed E-state index contributed by atoms with van der Waals surface area (Å²) in [5.74, 6) is 0.0980. The van der Waals surface area contributed by atoms with Crippen LogP contribution < -0.4 is 4.90 Å². The number of halogens is 3. The fourth-order valence-corrected chi connectivity index (χ4v) is 4.92. The second-order valence-electron chi connectivity index (χ2n) is 7.82. The summed E-state index contributed by atoms with van der Waals surface area (Å²) in [6, 6.07) is 5.04. The third kappa shape index (κ3) is 5.62. The Bertz CT molecular complexity index is 800. The normalized spacial score (nSPS) is 24.7. The molecule has 3 rings (SSSR count). The van der Waals surface area contributed by atoms with E-state index in [-0.39, 0.29) is 30.4 Å². The average molecular weight is 436 g/mol. The van der Waals surface area contributed by atoms with E-state index in [2.05, 4.69) is 9.80 Å². The molecule has 2 aliphatic rings. The quantitative estimate of drug-likeness (QED) is 0.762. The Labute approximate surface area is 169 Å². The molecule has 0 aromatic heterocycles. The van der Waals surface area contributed by atoms with Crippen molar-refractivity contribution < 1.29 is 31.4 Å². The van der Waals surface area contributed by atoms with Gasteiger partial charge in [-0.3, -0.25) is 4.90 Å². The Hall–Kier alpha value is -1.36. The third-order valence-corrected chi connectivity index (χ3v) is 6.79. The molecule has 1 aromatic rings. The van der Waals surface area contributed by atoms with Gasteiger partial charge in [0, 0.05) is 44.7 Å². The van der Waals surface area contributed by atoms with Gasteiger partial charge in [-0.2, -0.15) is 13.2 Å². The minimum atomic E-state index is -4.28. The summed E-state index contributed by atoms with van der Waals surface area (Å²) in [5, 5.41) is 9.38. The minimum Gasteiger partial charge on any atom is -0.392 e. The molecule has 0 aliphatic carbocycles. The molecule has 1 aromatic carbocycles. The maximum absolute atomic E-state index is 12.7. The van der Waals surface area contributed by atoms with Crippen molar-refractivity contribution in [3.63, 3.8) is 0 Å². The van der Waals surface area contributed by atoms with Crippen LogP contribution >= 0.6 is 0 Å².